The molecule has 1 heterocycles. The molecule has 0 atom stereocenters. The average molecular weight is 529 g/mol. The van der Waals surface area contributed by atoms with Gasteiger partial charge in [-0.2, -0.15) is 0 Å². The number of fused-ring (bicyclic) bond motifs is 2. The first-order valence-corrected chi connectivity index (χ1v) is 14.7. The molecule has 0 aliphatic carbocycles. The SMILES string of the molecule is CCCCCCCCCCCCCC1(O)COc2ccccc2OCCOCCOc2ccccc2OC1. The number of rotatable bonds is 12. The lowest BCUT2D eigenvalue weighted by Gasteiger charge is -2.29. The highest BCUT2D eigenvalue weighted by Gasteiger charge is 2.30. The highest BCUT2D eigenvalue weighted by atomic mass is 16.6. The molecule has 0 saturated carbocycles. The standard InChI is InChI=1S/C32H48O6/c1-2-3-4-5-6-7-8-9-10-11-16-21-32(33)26-37-30-19-14-12-17-28(30)35-24-22-34-23-25-36-29-18-13-15-20-31(29)38-27-32/h12-15,17-20,33H,2-11,16,21-27H2,1H3. The molecular formula is C32H48O6. The predicted octanol–water partition coefficient (Wildman–Crippen LogP) is 7.36. The van der Waals surface area contributed by atoms with Crippen LogP contribution >= 0.6 is 0 Å². The van der Waals surface area contributed by atoms with Crippen LogP contribution < -0.4 is 18.9 Å². The number of ether oxygens (including phenoxy) is 5. The second-order valence-corrected chi connectivity index (χ2v) is 10.3. The van der Waals surface area contributed by atoms with Crippen LogP contribution in [0, 0.1) is 0 Å². The maximum absolute atomic E-state index is 11.6. The zero-order valence-corrected chi connectivity index (χ0v) is 23.3. The lowest BCUT2D eigenvalue weighted by molar-refractivity contribution is -0.0486. The van der Waals surface area contributed by atoms with Crippen LogP contribution in [0.1, 0.15) is 84.0 Å². The second kappa shape index (κ2) is 18.0. The van der Waals surface area contributed by atoms with Crippen molar-refractivity contribution in [2.45, 2.75) is 89.6 Å². The quantitative estimate of drug-likeness (QED) is 0.290. The fraction of sp³-hybridized carbons (Fsp3) is 0.625. The van der Waals surface area contributed by atoms with Crippen molar-refractivity contribution in [1.29, 1.82) is 0 Å². The Kier molecular flexibility index (Phi) is 14.2. The summed E-state index contributed by atoms with van der Waals surface area (Å²) in [6.07, 6.45) is 14.5. The van der Waals surface area contributed by atoms with Gasteiger partial charge in [0.1, 0.15) is 32.0 Å². The van der Waals surface area contributed by atoms with Gasteiger partial charge in [-0.05, 0) is 30.7 Å². The van der Waals surface area contributed by atoms with Gasteiger partial charge in [0.25, 0.3) is 0 Å². The number of benzene rings is 2. The number of hydrogen-bond acceptors (Lipinski definition) is 6. The molecule has 0 fully saturated rings. The molecule has 0 radical (unpaired) electrons. The summed E-state index contributed by atoms with van der Waals surface area (Å²) in [4.78, 5) is 0. The molecule has 6 heteroatoms. The Morgan fingerprint density at radius 1 is 0.553 bits per heavy atom. The van der Waals surface area contributed by atoms with Crippen molar-refractivity contribution in [1.82, 2.24) is 0 Å². The molecule has 1 aliphatic rings. The smallest absolute Gasteiger partial charge is 0.161 e. The van der Waals surface area contributed by atoms with E-state index in [0.29, 0.717) is 55.8 Å². The molecule has 1 aliphatic heterocycles. The van der Waals surface area contributed by atoms with Crippen LogP contribution in [0.4, 0.5) is 0 Å². The summed E-state index contributed by atoms with van der Waals surface area (Å²) in [6.45, 7) is 4.19. The molecule has 38 heavy (non-hydrogen) atoms. The van der Waals surface area contributed by atoms with Gasteiger partial charge in [-0.3, -0.25) is 0 Å². The third kappa shape index (κ3) is 11.5. The minimum atomic E-state index is -1.14. The third-order valence-corrected chi connectivity index (χ3v) is 6.91. The Labute approximate surface area is 229 Å². The topological polar surface area (TPSA) is 66.4 Å². The number of hydrogen-bond donors (Lipinski definition) is 1. The highest BCUT2D eigenvalue weighted by Crippen LogP contribution is 2.31. The Morgan fingerprint density at radius 2 is 0.947 bits per heavy atom. The normalized spacial score (nSPS) is 16.2. The Morgan fingerprint density at radius 3 is 1.39 bits per heavy atom. The van der Waals surface area contributed by atoms with E-state index in [1.54, 1.807) is 0 Å². The molecule has 2 aromatic rings. The molecule has 0 aromatic heterocycles. The Balaban J connectivity index is 1.55. The predicted molar refractivity (Wildman–Crippen MR) is 152 cm³/mol. The lowest BCUT2D eigenvalue weighted by atomic mass is 9.96. The first kappa shape index (κ1) is 30.1. The van der Waals surface area contributed by atoms with E-state index < -0.39 is 5.60 Å². The van der Waals surface area contributed by atoms with Gasteiger partial charge in [0, 0.05) is 0 Å². The van der Waals surface area contributed by atoms with Crippen molar-refractivity contribution >= 4 is 0 Å². The molecule has 0 unspecified atom stereocenters. The van der Waals surface area contributed by atoms with Gasteiger partial charge in [-0.1, -0.05) is 102 Å². The first-order chi connectivity index (χ1) is 18.7. The van der Waals surface area contributed by atoms with Gasteiger partial charge in [0.2, 0.25) is 0 Å². The average Bonchev–Trinajstić information content (AvgIpc) is 2.94. The van der Waals surface area contributed by atoms with Gasteiger partial charge in [0.05, 0.1) is 13.2 Å². The minimum absolute atomic E-state index is 0.116. The van der Waals surface area contributed by atoms with Crippen molar-refractivity contribution in [3.63, 3.8) is 0 Å². The molecule has 2 aromatic carbocycles. The van der Waals surface area contributed by atoms with E-state index in [9.17, 15) is 5.11 Å². The fourth-order valence-electron chi connectivity index (χ4n) is 4.63. The van der Waals surface area contributed by atoms with E-state index in [-0.39, 0.29) is 13.2 Å². The molecule has 0 saturated heterocycles. The summed E-state index contributed by atoms with van der Waals surface area (Å²) in [6, 6.07) is 15.1. The summed E-state index contributed by atoms with van der Waals surface area (Å²) >= 11 is 0. The molecule has 6 nitrogen and oxygen atoms in total. The van der Waals surface area contributed by atoms with Crippen molar-refractivity contribution in [3.05, 3.63) is 48.5 Å². The number of aliphatic hydroxyl groups is 1. The monoisotopic (exact) mass is 528 g/mol. The van der Waals surface area contributed by atoms with Crippen molar-refractivity contribution in [3.8, 4) is 23.0 Å². The van der Waals surface area contributed by atoms with E-state index in [1.165, 1.54) is 57.8 Å². The largest absolute Gasteiger partial charge is 0.487 e. The lowest BCUT2D eigenvalue weighted by Crippen LogP contribution is -2.42. The molecule has 212 valence electrons. The molecule has 0 amide bonds. The maximum atomic E-state index is 11.6. The summed E-state index contributed by atoms with van der Waals surface area (Å²) in [5.74, 6) is 2.51. The second-order valence-electron chi connectivity index (χ2n) is 10.3. The van der Waals surface area contributed by atoms with Crippen molar-refractivity contribution in [2.75, 3.05) is 39.6 Å². The van der Waals surface area contributed by atoms with E-state index in [2.05, 4.69) is 6.92 Å². The van der Waals surface area contributed by atoms with E-state index in [1.807, 2.05) is 48.5 Å². The fourth-order valence-corrected chi connectivity index (χ4v) is 4.63. The van der Waals surface area contributed by atoms with Crippen molar-refractivity contribution in [2.24, 2.45) is 0 Å². The Bertz CT molecular complexity index is 830. The van der Waals surface area contributed by atoms with Gasteiger partial charge in [-0.25, -0.2) is 0 Å². The number of para-hydroxylation sites is 4. The zero-order chi connectivity index (χ0) is 26.7. The zero-order valence-electron chi connectivity index (χ0n) is 23.3. The minimum Gasteiger partial charge on any atom is -0.487 e. The first-order valence-electron chi connectivity index (χ1n) is 14.7. The molecular weight excluding hydrogens is 480 g/mol. The van der Waals surface area contributed by atoms with Crippen LogP contribution in [0.15, 0.2) is 48.5 Å². The highest BCUT2D eigenvalue weighted by molar-refractivity contribution is 5.40. The summed E-state index contributed by atoms with van der Waals surface area (Å²) in [5.41, 5.74) is -1.14. The van der Waals surface area contributed by atoms with Crippen LogP contribution in [0.25, 0.3) is 0 Å². The van der Waals surface area contributed by atoms with Gasteiger partial charge in [0.15, 0.2) is 23.0 Å². The summed E-state index contributed by atoms with van der Waals surface area (Å²) in [7, 11) is 0. The van der Waals surface area contributed by atoms with Crippen molar-refractivity contribution < 1.29 is 28.8 Å². The van der Waals surface area contributed by atoms with E-state index >= 15 is 0 Å². The molecule has 3 rings (SSSR count). The van der Waals surface area contributed by atoms with Crippen LogP contribution in [0.3, 0.4) is 0 Å². The van der Waals surface area contributed by atoms with E-state index in [0.717, 1.165) is 12.8 Å². The summed E-state index contributed by atoms with van der Waals surface area (Å²) in [5, 5.41) is 11.6. The molecule has 0 spiro atoms. The summed E-state index contributed by atoms with van der Waals surface area (Å²) < 4.78 is 29.6. The molecule has 1 N–H and O–H groups in total. The van der Waals surface area contributed by atoms with Crippen LogP contribution in [0.2, 0.25) is 0 Å². The van der Waals surface area contributed by atoms with Crippen LogP contribution in [-0.2, 0) is 4.74 Å². The third-order valence-electron chi connectivity index (χ3n) is 6.91. The number of unbranched alkanes of at least 4 members (excludes halogenated alkanes) is 10. The van der Waals surface area contributed by atoms with Gasteiger partial charge >= 0.3 is 0 Å². The Hall–Kier alpha value is -2.44. The van der Waals surface area contributed by atoms with Gasteiger partial charge in [-0.15, -0.1) is 0 Å². The van der Waals surface area contributed by atoms with E-state index in [4.69, 9.17) is 23.7 Å². The molecule has 0 bridgehead atoms. The maximum Gasteiger partial charge on any atom is 0.161 e. The van der Waals surface area contributed by atoms with Crippen LogP contribution in [-0.4, -0.2) is 50.3 Å². The van der Waals surface area contributed by atoms with Gasteiger partial charge < -0.3 is 28.8 Å². The van der Waals surface area contributed by atoms with Crippen LogP contribution in [0.5, 0.6) is 23.0 Å².